The third-order valence-corrected chi connectivity index (χ3v) is 6.90. The number of aliphatic hydroxyl groups excluding tert-OH is 6. The molecule has 1 fully saturated rings. The first-order valence-corrected chi connectivity index (χ1v) is 15.0. The second-order valence-electron chi connectivity index (χ2n) is 9.37. The van der Waals surface area contributed by atoms with E-state index in [2.05, 4.69) is 58.5 Å². The number of ether oxygens (including phenoxy) is 1. The molecule has 40 heavy (non-hydrogen) atoms. The van der Waals surface area contributed by atoms with Gasteiger partial charge in [-0.3, -0.25) is 13.8 Å². The standard InChI is InChI=1S/C27H45O12P/c1-2-3-4-5-6-7-8-9-10-11-12-13-14-15-16-17-21(29)37-18-20(28)19-38-40(35,36)39-27-25(33)23(31)22(30)24(32)26(27)34/h3-4,6-7,9-10,12-13,20,22-28,30-34H,2,5,8,11,14-19H2,1H3,(H,35,36)/b4-3-,7-6-,10-9-,13-12-/t20-,22?,23-,24?,25?,26?,27?/m1/s1. The number of carbonyl (C=O) groups excluding carboxylic acids is 1. The van der Waals surface area contributed by atoms with Gasteiger partial charge in [0.15, 0.2) is 0 Å². The minimum atomic E-state index is -5.00. The van der Waals surface area contributed by atoms with Crippen LogP contribution >= 0.6 is 7.82 Å². The zero-order chi connectivity index (χ0) is 30.0. The largest absolute Gasteiger partial charge is 0.472 e. The molecule has 0 radical (unpaired) electrons. The number of carbonyl (C=O) groups is 1. The first-order chi connectivity index (χ1) is 19.0. The van der Waals surface area contributed by atoms with Gasteiger partial charge in [-0.1, -0.05) is 55.5 Å². The molecule has 0 aromatic heterocycles. The van der Waals surface area contributed by atoms with E-state index in [4.69, 9.17) is 4.74 Å². The van der Waals surface area contributed by atoms with E-state index in [0.29, 0.717) is 6.42 Å². The van der Waals surface area contributed by atoms with Crippen molar-refractivity contribution in [2.75, 3.05) is 13.2 Å². The maximum atomic E-state index is 12.1. The molecule has 0 spiro atoms. The highest BCUT2D eigenvalue weighted by molar-refractivity contribution is 7.47. The number of hydrogen-bond acceptors (Lipinski definition) is 11. The lowest BCUT2D eigenvalue weighted by atomic mass is 9.85. The van der Waals surface area contributed by atoms with Crippen molar-refractivity contribution >= 4 is 13.8 Å². The summed E-state index contributed by atoms with van der Waals surface area (Å²) in [5.41, 5.74) is 0. The molecule has 1 saturated carbocycles. The number of allylic oxidation sites excluding steroid dienone is 8. The van der Waals surface area contributed by atoms with Gasteiger partial charge in [0, 0.05) is 6.42 Å². The van der Waals surface area contributed by atoms with Crippen molar-refractivity contribution in [3.63, 3.8) is 0 Å². The molecule has 6 unspecified atom stereocenters. The van der Waals surface area contributed by atoms with Crippen LogP contribution in [0.2, 0.25) is 0 Å². The number of esters is 1. The van der Waals surface area contributed by atoms with E-state index in [-0.39, 0.29) is 6.42 Å². The third-order valence-electron chi connectivity index (χ3n) is 5.92. The van der Waals surface area contributed by atoms with Gasteiger partial charge in [0.05, 0.1) is 6.61 Å². The van der Waals surface area contributed by atoms with Gasteiger partial charge in [0.2, 0.25) is 0 Å². The van der Waals surface area contributed by atoms with E-state index in [1.165, 1.54) is 0 Å². The topological polar surface area (TPSA) is 203 Å². The maximum Gasteiger partial charge on any atom is 0.472 e. The molecule has 1 aliphatic rings. The second-order valence-corrected chi connectivity index (χ2v) is 10.8. The van der Waals surface area contributed by atoms with Gasteiger partial charge < -0.3 is 40.3 Å². The predicted octanol–water partition coefficient (Wildman–Crippen LogP) is 1.58. The van der Waals surface area contributed by atoms with Crippen LogP contribution in [0.15, 0.2) is 48.6 Å². The average Bonchev–Trinajstić information content (AvgIpc) is 2.93. The number of unbranched alkanes of at least 4 members (excludes halogenated alkanes) is 2. The van der Waals surface area contributed by atoms with Crippen molar-refractivity contribution in [3.05, 3.63) is 48.6 Å². The maximum absolute atomic E-state index is 12.1. The van der Waals surface area contributed by atoms with Crippen LogP contribution in [0.3, 0.4) is 0 Å². The van der Waals surface area contributed by atoms with Crippen molar-refractivity contribution in [2.45, 2.75) is 101 Å². The van der Waals surface area contributed by atoms with Crippen molar-refractivity contribution in [1.29, 1.82) is 0 Å². The Morgan fingerprint density at radius 3 is 1.82 bits per heavy atom. The normalized spacial score (nSPS) is 28.1. The van der Waals surface area contributed by atoms with Crippen LogP contribution in [-0.2, 0) is 23.1 Å². The second kappa shape index (κ2) is 20.2. The van der Waals surface area contributed by atoms with Gasteiger partial charge in [-0.15, -0.1) is 0 Å². The van der Waals surface area contributed by atoms with Crippen LogP contribution in [0.25, 0.3) is 0 Å². The first-order valence-electron chi connectivity index (χ1n) is 13.5. The summed E-state index contributed by atoms with van der Waals surface area (Å²) in [6.07, 6.45) is 9.67. The van der Waals surface area contributed by atoms with Crippen LogP contribution in [0.5, 0.6) is 0 Å². The fourth-order valence-electron chi connectivity index (χ4n) is 3.62. The van der Waals surface area contributed by atoms with Crippen LogP contribution in [0, 0.1) is 0 Å². The summed E-state index contributed by atoms with van der Waals surface area (Å²) in [4.78, 5) is 21.6. The molecule has 13 heteroatoms. The first kappa shape index (κ1) is 36.3. The fourth-order valence-corrected chi connectivity index (χ4v) is 4.60. The Morgan fingerprint density at radius 1 is 0.775 bits per heavy atom. The summed E-state index contributed by atoms with van der Waals surface area (Å²) >= 11 is 0. The summed E-state index contributed by atoms with van der Waals surface area (Å²) in [6, 6.07) is 0. The fraction of sp³-hybridized carbons (Fsp3) is 0.667. The third kappa shape index (κ3) is 14.8. The van der Waals surface area contributed by atoms with E-state index in [1.807, 2.05) is 6.08 Å². The summed E-state index contributed by atoms with van der Waals surface area (Å²) in [6.45, 7) is 0.809. The molecule has 230 valence electrons. The lowest BCUT2D eigenvalue weighted by Crippen LogP contribution is -2.64. The van der Waals surface area contributed by atoms with Gasteiger partial charge in [-0.05, 0) is 44.9 Å². The van der Waals surface area contributed by atoms with E-state index in [0.717, 1.165) is 38.5 Å². The van der Waals surface area contributed by atoms with E-state index < -0.39 is 69.7 Å². The van der Waals surface area contributed by atoms with Crippen molar-refractivity contribution < 1.29 is 58.7 Å². The molecule has 7 N–H and O–H groups in total. The highest BCUT2D eigenvalue weighted by Crippen LogP contribution is 2.47. The molecule has 1 aliphatic carbocycles. The Kier molecular flexibility index (Phi) is 18.4. The van der Waals surface area contributed by atoms with Gasteiger partial charge in [0.1, 0.15) is 49.3 Å². The SMILES string of the molecule is CC/C=C\C/C=C\C/C=C\C/C=C\CCCCC(=O)OC[C@@H](O)COP(=O)(O)OC1C(O)C(O)C(O)[C@@H](O)C1O. The van der Waals surface area contributed by atoms with E-state index in [9.17, 15) is 44.9 Å². The number of rotatable bonds is 19. The lowest BCUT2D eigenvalue weighted by molar-refractivity contribution is -0.220. The molecule has 0 aromatic rings. The molecule has 1 rings (SSSR count). The van der Waals surface area contributed by atoms with E-state index in [1.54, 1.807) is 0 Å². The molecule has 0 saturated heterocycles. The van der Waals surface area contributed by atoms with Crippen LogP contribution < -0.4 is 0 Å². The minimum absolute atomic E-state index is 0.136. The van der Waals surface area contributed by atoms with Crippen molar-refractivity contribution in [2.24, 2.45) is 0 Å². The monoisotopic (exact) mass is 592 g/mol. The molecule has 12 nitrogen and oxygen atoms in total. The Balaban J connectivity index is 2.17. The Bertz CT molecular complexity index is 858. The highest BCUT2D eigenvalue weighted by Gasteiger charge is 2.51. The van der Waals surface area contributed by atoms with E-state index >= 15 is 0 Å². The lowest BCUT2D eigenvalue weighted by Gasteiger charge is -2.41. The minimum Gasteiger partial charge on any atom is -0.463 e. The Morgan fingerprint density at radius 2 is 1.27 bits per heavy atom. The Labute approximate surface area is 235 Å². The van der Waals surface area contributed by atoms with Crippen molar-refractivity contribution in [1.82, 2.24) is 0 Å². The van der Waals surface area contributed by atoms with Crippen LogP contribution in [0.1, 0.15) is 58.3 Å². The van der Waals surface area contributed by atoms with Gasteiger partial charge in [-0.25, -0.2) is 4.57 Å². The average molecular weight is 593 g/mol. The van der Waals surface area contributed by atoms with Gasteiger partial charge in [-0.2, -0.15) is 0 Å². The van der Waals surface area contributed by atoms with Crippen LogP contribution in [0.4, 0.5) is 0 Å². The number of aliphatic hydroxyl groups is 6. The molecule has 0 heterocycles. The van der Waals surface area contributed by atoms with Crippen molar-refractivity contribution in [3.8, 4) is 0 Å². The molecule has 0 aliphatic heterocycles. The molecule has 0 aromatic carbocycles. The summed E-state index contributed by atoms with van der Waals surface area (Å²) in [5.74, 6) is -0.553. The number of hydrogen-bond donors (Lipinski definition) is 7. The number of phosphoric ester groups is 1. The smallest absolute Gasteiger partial charge is 0.463 e. The quantitative estimate of drug-likeness (QED) is 0.0494. The highest BCUT2D eigenvalue weighted by atomic mass is 31.2. The molecule has 8 atom stereocenters. The molecule has 0 bridgehead atoms. The molecular formula is C27H45O12P. The van der Waals surface area contributed by atoms with Crippen LogP contribution in [-0.4, -0.2) is 97.4 Å². The number of phosphoric acid groups is 1. The summed E-state index contributed by atoms with van der Waals surface area (Å²) in [5, 5.41) is 58.5. The zero-order valence-corrected chi connectivity index (χ0v) is 23.7. The van der Waals surface area contributed by atoms with Gasteiger partial charge >= 0.3 is 13.8 Å². The zero-order valence-electron chi connectivity index (χ0n) is 22.9. The Hall–Kier alpha value is -1.70. The predicted molar refractivity (Wildman–Crippen MR) is 147 cm³/mol. The van der Waals surface area contributed by atoms with Gasteiger partial charge in [0.25, 0.3) is 0 Å². The molecular weight excluding hydrogens is 547 g/mol. The summed E-state index contributed by atoms with van der Waals surface area (Å²) in [7, 11) is -5.00. The molecule has 0 amide bonds. The summed E-state index contributed by atoms with van der Waals surface area (Å²) < 4.78 is 26.3.